The van der Waals surface area contributed by atoms with Crippen molar-refractivity contribution >= 4 is 50.8 Å². The van der Waals surface area contributed by atoms with Crippen molar-refractivity contribution in [3.63, 3.8) is 0 Å². The Bertz CT molecular complexity index is 1390. The first-order valence-electron chi connectivity index (χ1n) is 11.7. The molecule has 1 aromatic heterocycles. The number of alkyl carbamates (subject to hydrolysis) is 1. The first-order chi connectivity index (χ1) is 17.4. The number of carbonyl (C=O) groups excluding carboxylic acids is 2. The maximum atomic E-state index is 13.8. The molecule has 0 aliphatic rings. The number of nitrogens with zero attached hydrogens (tertiary/aromatic N) is 1. The molecule has 9 nitrogen and oxygen atoms in total. The monoisotopic (exact) mass is 550 g/mol. The van der Waals surface area contributed by atoms with Crippen LogP contribution in [0.15, 0.2) is 45.7 Å². The maximum absolute atomic E-state index is 13.8. The van der Waals surface area contributed by atoms with Gasteiger partial charge in [-0.05, 0) is 82.1 Å². The van der Waals surface area contributed by atoms with Crippen molar-refractivity contribution in [1.82, 2.24) is 5.32 Å². The molecule has 0 bridgehead atoms. The number of benzene rings is 2. The molecule has 2 aromatic carbocycles. The zero-order valence-corrected chi connectivity index (χ0v) is 23.0. The van der Waals surface area contributed by atoms with Gasteiger partial charge >= 0.3 is 6.09 Å². The number of carbonyl (C=O) groups is 2. The largest absolute Gasteiger partial charge is 0.467 e. The summed E-state index contributed by atoms with van der Waals surface area (Å²) in [5.41, 5.74) is 1.54. The van der Waals surface area contributed by atoms with Crippen molar-refractivity contribution in [2.75, 3.05) is 17.5 Å². The van der Waals surface area contributed by atoms with Crippen molar-refractivity contribution in [1.29, 1.82) is 0 Å². The predicted octanol–water partition coefficient (Wildman–Crippen LogP) is 5.35. The normalized spacial score (nSPS) is 11.8. The Morgan fingerprint density at radius 1 is 1.19 bits per heavy atom. The summed E-state index contributed by atoms with van der Waals surface area (Å²) in [4.78, 5) is 22.7. The van der Waals surface area contributed by atoms with Crippen molar-refractivity contribution in [3.05, 3.63) is 58.3 Å². The van der Waals surface area contributed by atoms with Crippen LogP contribution in [0.3, 0.4) is 0 Å². The quantitative estimate of drug-likeness (QED) is 0.267. The van der Waals surface area contributed by atoms with E-state index < -0.39 is 21.7 Å². The zero-order chi connectivity index (χ0) is 27.4. The van der Waals surface area contributed by atoms with Crippen molar-refractivity contribution in [2.24, 2.45) is 0 Å². The van der Waals surface area contributed by atoms with Gasteiger partial charge in [0, 0.05) is 29.9 Å². The number of rotatable bonds is 10. The number of sulfonamides is 1. The van der Waals surface area contributed by atoms with E-state index >= 15 is 0 Å². The van der Waals surface area contributed by atoms with E-state index in [-0.39, 0.29) is 24.6 Å². The minimum absolute atomic E-state index is 0.0168. The molecule has 0 atom stereocenters. The van der Waals surface area contributed by atoms with Crippen LogP contribution in [-0.4, -0.2) is 39.7 Å². The fourth-order valence-electron chi connectivity index (χ4n) is 3.87. The van der Waals surface area contributed by atoms with Crippen LogP contribution in [-0.2, 0) is 37.3 Å². The molecule has 0 spiro atoms. The predicted molar refractivity (Wildman–Crippen MR) is 141 cm³/mol. The summed E-state index contributed by atoms with van der Waals surface area (Å²) < 4.78 is 44.7. The number of fused-ring (bicyclic) bond motifs is 1. The molecule has 0 unspecified atom stereocenters. The maximum Gasteiger partial charge on any atom is 0.407 e. The first-order valence-corrected chi connectivity index (χ1v) is 13.5. The van der Waals surface area contributed by atoms with Gasteiger partial charge in [-0.3, -0.25) is 9.10 Å². The molecular weight excluding hydrogens is 520 g/mol. The number of amides is 1. The molecule has 3 aromatic rings. The standard InChI is InChI=1S/C26H31ClN2O7S/c1-6-29(22-9-7-19(27)13-18(22)15-28-25(31)36-26(3,4)5)37(32,33)20-8-10-24-21(14-20)17(2)23(35-24)11-12-34-16-30/h7-10,13-14,16H,6,11-12,15H2,1-5H3,(H,28,31). The van der Waals surface area contributed by atoms with Crippen LogP contribution < -0.4 is 9.62 Å². The lowest BCUT2D eigenvalue weighted by Crippen LogP contribution is -2.34. The molecule has 0 fully saturated rings. The Balaban J connectivity index is 1.95. The van der Waals surface area contributed by atoms with E-state index in [1.165, 1.54) is 10.4 Å². The van der Waals surface area contributed by atoms with E-state index in [0.717, 1.165) is 5.56 Å². The fourth-order valence-corrected chi connectivity index (χ4v) is 5.60. The number of furan rings is 1. The molecule has 0 radical (unpaired) electrons. The van der Waals surface area contributed by atoms with Crippen LogP contribution in [0.4, 0.5) is 10.5 Å². The van der Waals surface area contributed by atoms with Crippen LogP contribution in [0.25, 0.3) is 11.0 Å². The summed E-state index contributed by atoms with van der Waals surface area (Å²) in [5.74, 6) is 0.618. The van der Waals surface area contributed by atoms with Crippen molar-refractivity contribution < 1.29 is 31.9 Å². The highest BCUT2D eigenvalue weighted by Crippen LogP contribution is 2.33. The van der Waals surface area contributed by atoms with Gasteiger partial charge in [-0.15, -0.1) is 0 Å². The van der Waals surface area contributed by atoms with Gasteiger partial charge in [-0.25, -0.2) is 13.2 Å². The summed E-state index contributed by atoms with van der Waals surface area (Å²) in [6, 6.07) is 9.50. The third kappa shape index (κ3) is 6.75. The van der Waals surface area contributed by atoms with Gasteiger partial charge in [0.15, 0.2) is 0 Å². The van der Waals surface area contributed by atoms with Crippen molar-refractivity contribution in [2.45, 2.75) is 58.1 Å². The minimum Gasteiger partial charge on any atom is -0.467 e. The lowest BCUT2D eigenvalue weighted by Gasteiger charge is -2.26. The van der Waals surface area contributed by atoms with Crippen LogP contribution in [0.2, 0.25) is 5.02 Å². The van der Waals surface area contributed by atoms with Crippen molar-refractivity contribution in [3.8, 4) is 0 Å². The minimum atomic E-state index is -3.99. The molecule has 1 N–H and O–H groups in total. The van der Waals surface area contributed by atoms with Crippen LogP contribution in [0.1, 0.15) is 44.6 Å². The van der Waals surface area contributed by atoms with Gasteiger partial charge in [0.25, 0.3) is 16.5 Å². The second-order valence-electron chi connectivity index (χ2n) is 9.32. The molecule has 11 heteroatoms. The molecule has 37 heavy (non-hydrogen) atoms. The van der Waals surface area contributed by atoms with Gasteiger partial charge in [-0.1, -0.05) is 11.6 Å². The number of hydrogen-bond donors (Lipinski definition) is 1. The Morgan fingerprint density at radius 3 is 2.57 bits per heavy atom. The van der Waals surface area contributed by atoms with E-state index in [1.54, 1.807) is 58.0 Å². The summed E-state index contributed by atoms with van der Waals surface area (Å²) in [6.45, 7) is 9.50. The van der Waals surface area contributed by atoms with E-state index in [9.17, 15) is 18.0 Å². The smallest absolute Gasteiger partial charge is 0.407 e. The van der Waals surface area contributed by atoms with Gasteiger partial charge in [0.2, 0.25) is 0 Å². The summed E-state index contributed by atoms with van der Waals surface area (Å²) in [7, 11) is -3.99. The number of hydrogen-bond acceptors (Lipinski definition) is 7. The second kappa shape index (κ2) is 11.4. The highest BCUT2D eigenvalue weighted by Gasteiger charge is 2.27. The van der Waals surface area contributed by atoms with Gasteiger partial charge in [0.05, 0.1) is 17.2 Å². The molecule has 1 heterocycles. The Kier molecular flexibility index (Phi) is 8.76. The Hall–Kier alpha value is -3.24. The second-order valence-corrected chi connectivity index (χ2v) is 11.6. The van der Waals surface area contributed by atoms with E-state index in [0.29, 0.717) is 45.9 Å². The Labute approximate surface area is 221 Å². The van der Waals surface area contributed by atoms with E-state index in [4.69, 9.17) is 25.5 Å². The third-order valence-electron chi connectivity index (χ3n) is 5.53. The van der Waals surface area contributed by atoms with E-state index in [1.807, 2.05) is 6.92 Å². The molecule has 3 rings (SSSR count). The lowest BCUT2D eigenvalue weighted by atomic mass is 10.1. The highest BCUT2D eigenvalue weighted by molar-refractivity contribution is 7.92. The Morgan fingerprint density at radius 2 is 1.92 bits per heavy atom. The summed E-state index contributed by atoms with van der Waals surface area (Å²) in [5, 5.41) is 3.72. The number of anilines is 1. The number of nitrogens with one attached hydrogen (secondary N) is 1. The molecule has 200 valence electrons. The lowest BCUT2D eigenvalue weighted by molar-refractivity contribution is -0.128. The summed E-state index contributed by atoms with van der Waals surface area (Å²) in [6.07, 6.45) is -0.249. The molecule has 0 aliphatic carbocycles. The molecular formula is C26H31ClN2O7S. The van der Waals surface area contributed by atoms with Gasteiger partial charge in [-0.2, -0.15) is 0 Å². The average molecular weight is 551 g/mol. The topological polar surface area (TPSA) is 115 Å². The highest BCUT2D eigenvalue weighted by atomic mass is 35.5. The number of ether oxygens (including phenoxy) is 2. The first kappa shape index (κ1) is 28.3. The van der Waals surface area contributed by atoms with Gasteiger partial charge < -0.3 is 19.2 Å². The van der Waals surface area contributed by atoms with E-state index in [2.05, 4.69) is 5.32 Å². The van der Waals surface area contributed by atoms with Crippen LogP contribution >= 0.6 is 11.6 Å². The van der Waals surface area contributed by atoms with Crippen LogP contribution in [0, 0.1) is 6.92 Å². The molecule has 1 amide bonds. The summed E-state index contributed by atoms with van der Waals surface area (Å²) >= 11 is 6.20. The molecule has 0 saturated carbocycles. The number of halogens is 1. The number of aryl methyl sites for hydroxylation is 1. The average Bonchev–Trinajstić information content (AvgIpc) is 3.13. The fraction of sp³-hybridized carbons (Fsp3) is 0.385. The SMILES string of the molecule is CCN(c1ccc(Cl)cc1CNC(=O)OC(C)(C)C)S(=O)(=O)c1ccc2oc(CCOC=O)c(C)c2c1. The third-order valence-corrected chi connectivity index (χ3v) is 7.65. The molecule has 0 aliphatic heterocycles. The van der Waals surface area contributed by atoms with Gasteiger partial charge in [0.1, 0.15) is 16.9 Å². The molecule has 0 saturated heterocycles. The van der Waals surface area contributed by atoms with Crippen LogP contribution in [0.5, 0.6) is 0 Å². The zero-order valence-electron chi connectivity index (χ0n) is 21.5.